The Kier molecular flexibility index (Phi) is 3.72. The van der Waals surface area contributed by atoms with Gasteiger partial charge in [-0.05, 0) is 37.1 Å². The quantitative estimate of drug-likeness (QED) is 0.478. The third-order valence-electron chi connectivity index (χ3n) is 5.42. The van der Waals surface area contributed by atoms with Crippen LogP contribution in [-0.4, -0.2) is 13.1 Å². The number of rotatable bonds is 2. The summed E-state index contributed by atoms with van der Waals surface area (Å²) in [6.45, 7) is 1.39. The zero-order valence-electron chi connectivity index (χ0n) is 15.8. The molecular formula is C23H20O5. The van der Waals surface area contributed by atoms with Crippen LogP contribution in [0.15, 0.2) is 48.5 Å². The summed E-state index contributed by atoms with van der Waals surface area (Å²) in [6, 6.07) is 15.4. The van der Waals surface area contributed by atoms with Gasteiger partial charge in [-0.2, -0.15) is 0 Å². The molecule has 1 aliphatic carbocycles. The molecular weight excluding hydrogens is 356 g/mol. The van der Waals surface area contributed by atoms with Crippen LogP contribution in [0.5, 0.6) is 23.0 Å². The predicted molar refractivity (Wildman–Crippen MR) is 104 cm³/mol. The number of fused-ring (bicyclic) bond motifs is 2. The second-order valence-corrected chi connectivity index (χ2v) is 7.13. The van der Waals surface area contributed by atoms with Gasteiger partial charge in [-0.1, -0.05) is 24.3 Å². The van der Waals surface area contributed by atoms with Crippen LogP contribution in [0.1, 0.15) is 30.9 Å². The zero-order valence-corrected chi connectivity index (χ0v) is 15.8. The lowest BCUT2D eigenvalue weighted by molar-refractivity contribution is -0.138. The molecule has 0 aromatic heterocycles. The van der Waals surface area contributed by atoms with Gasteiger partial charge < -0.3 is 18.9 Å². The molecule has 0 saturated heterocycles. The molecule has 1 unspecified atom stereocenters. The lowest BCUT2D eigenvalue weighted by atomic mass is 9.85. The first-order valence-electron chi connectivity index (χ1n) is 9.40. The maximum atomic E-state index is 11.5. The van der Waals surface area contributed by atoms with E-state index in [-0.39, 0.29) is 5.97 Å². The smallest absolute Gasteiger partial charge is 0.308 e. The van der Waals surface area contributed by atoms with E-state index >= 15 is 0 Å². The van der Waals surface area contributed by atoms with Crippen LogP contribution in [0.2, 0.25) is 0 Å². The maximum Gasteiger partial charge on any atom is 0.308 e. The van der Waals surface area contributed by atoms with Crippen LogP contribution < -0.4 is 18.9 Å². The molecule has 5 nitrogen and oxygen atoms in total. The van der Waals surface area contributed by atoms with Gasteiger partial charge in [0.2, 0.25) is 0 Å². The minimum atomic E-state index is -0.883. The molecule has 0 amide bonds. The monoisotopic (exact) mass is 376 g/mol. The van der Waals surface area contributed by atoms with E-state index in [1.807, 2.05) is 36.4 Å². The fraction of sp³-hybridized carbons (Fsp3) is 0.261. The highest BCUT2D eigenvalue weighted by Gasteiger charge is 2.45. The number of ether oxygens (including phenoxy) is 4. The number of hydrogen-bond acceptors (Lipinski definition) is 5. The number of hydrogen-bond donors (Lipinski definition) is 0. The molecule has 3 aromatic rings. The summed E-state index contributed by atoms with van der Waals surface area (Å²) in [4.78, 5) is 11.5. The molecule has 3 aromatic carbocycles. The van der Waals surface area contributed by atoms with Crippen molar-refractivity contribution in [2.24, 2.45) is 0 Å². The van der Waals surface area contributed by atoms with Gasteiger partial charge in [0.1, 0.15) is 23.0 Å². The van der Waals surface area contributed by atoms with Gasteiger partial charge in [0, 0.05) is 29.9 Å². The molecule has 5 heteroatoms. The van der Waals surface area contributed by atoms with Crippen molar-refractivity contribution in [3.8, 4) is 23.0 Å². The summed E-state index contributed by atoms with van der Waals surface area (Å²) >= 11 is 0. The molecule has 0 radical (unpaired) electrons. The largest absolute Gasteiger partial charge is 0.496 e. The second-order valence-electron chi connectivity index (χ2n) is 7.13. The number of benzene rings is 3. The van der Waals surface area contributed by atoms with Gasteiger partial charge in [0.05, 0.1) is 12.5 Å². The van der Waals surface area contributed by atoms with E-state index in [9.17, 15) is 4.79 Å². The van der Waals surface area contributed by atoms with Gasteiger partial charge in [-0.3, -0.25) is 4.79 Å². The third-order valence-corrected chi connectivity index (χ3v) is 5.42. The molecule has 0 saturated carbocycles. The topological polar surface area (TPSA) is 54.0 Å². The number of carbonyl (C=O) groups excluding carboxylic acids is 1. The highest BCUT2D eigenvalue weighted by atomic mass is 16.7. The van der Waals surface area contributed by atoms with Crippen molar-refractivity contribution < 1.29 is 23.7 Å². The number of methoxy groups -OCH3 is 1. The maximum absolute atomic E-state index is 11.5. The van der Waals surface area contributed by atoms with Crippen LogP contribution in [-0.2, 0) is 17.0 Å². The van der Waals surface area contributed by atoms with E-state index in [4.69, 9.17) is 18.9 Å². The van der Waals surface area contributed by atoms with E-state index < -0.39 is 5.79 Å². The summed E-state index contributed by atoms with van der Waals surface area (Å²) in [7, 11) is 1.69. The lowest BCUT2D eigenvalue weighted by Crippen LogP contribution is -2.44. The lowest BCUT2D eigenvalue weighted by Gasteiger charge is -2.42. The van der Waals surface area contributed by atoms with E-state index in [0.29, 0.717) is 5.75 Å². The Morgan fingerprint density at radius 3 is 2.57 bits per heavy atom. The van der Waals surface area contributed by atoms with Crippen LogP contribution in [0.3, 0.4) is 0 Å². The Hall–Kier alpha value is -3.21. The molecule has 0 bridgehead atoms. The van der Waals surface area contributed by atoms with Crippen molar-refractivity contribution in [3.63, 3.8) is 0 Å². The highest BCUT2D eigenvalue weighted by Crippen LogP contribution is 2.51. The first-order valence-corrected chi connectivity index (χ1v) is 9.40. The molecule has 1 aliphatic heterocycles. The summed E-state index contributed by atoms with van der Waals surface area (Å²) in [5.74, 6) is 1.57. The third kappa shape index (κ3) is 2.43. The summed E-state index contributed by atoms with van der Waals surface area (Å²) in [5.41, 5.74) is 2.13. The van der Waals surface area contributed by atoms with E-state index in [0.717, 1.165) is 58.4 Å². The average molecular weight is 376 g/mol. The second kappa shape index (κ2) is 6.16. The molecule has 5 rings (SSSR count). The first-order chi connectivity index (χ1) is 13.6. The summed E-state index contributed by atoms with van der Waals surface area (Å²) < 4.78 is 23.9. The van der Waals surface area contributed by atoms with Gasteiger partial charge >= 0.3 is 5.97 Å². The van der Waals surface area contributed by atoms with Crippen molar-refractivity contribution in [2.45, 2.75) is 32.0 Å². The molecule has 1 atom stereocenters. The van der Waals surface area contributed by atoms with Crippen molar-refractivity contribution in [2.75, 3.05) is 7.11 Å². The van der Waals surface area contributed by atoms with Gasteiger partial charge in [0.15, 0.2) is 0 Å². The van der Waals surface area contributed by atoms with E-state index in [2.05, 4.69) is 6.07 Å². The van der Waals surface area contributed by atoms with Gasteiger partial charge in [-0.25, -0.2) is 0 Å². The predicted octanol–water partition coefficient (Wildman–Crippen LogP) is 4.73. The SMILES string of the molecule is COc1cccc2c1CCCC21Oc2cccc3c(OC(C)=O)ccc(c23)O1. The Balaban J connectivity index is 1.67. The summed E-state index contributed by atoms with van der Waals surface area (Å²) in [5, 5.41) is 1.61. The van der Waals surface area contributed by atoms with Crippen LogP contribution in [0, 0.1) is 0 Å². The van der Waals surface area contributed by atoms with Crippen molar-refractivity contribution in [1.82, 2.24) is 0 Å². The van der Waals surface area contributed by atoms with Crippen molar-refractivity contribution in [1.29, 1.82) is 0 Å². The first kappa shape index (κ1) is 16.9. The minimum Gasteiger partial charge on any atom is -0.496 e. The minimum absolute atomic E-state index is 0.358. The summed E-state index contributed by atoms with van der Waals surface area (Å²) in [6.07, 6.45) is 2.61. The molecule has 0 fully saturated rings. The van der Waals surface area contributed by atoms with E-state index in [1.165, 1.54) is 6.92 Å². The molecule has 1 heterocycles. The Labute approximate surface area is 162 Å². The molecule has 1 spiro atoms. The standard InChI is InChI=1S/C23H20O5/c1-14(24)26-19-11-12-21-22-16(19)6-3-10-20(22)27-23(28-21)13-5-7-15-17(23)8-4-9-18(15)25-2/h3-4,6,8-12H,5,7,13H2,1-2H3. The zero-order chi connectivity index (χ0) is 19.3. The molecule has 0 N–H and O–H groups in total. The normalized spacial score (nSPS) is 19.5. The fourth-order valence-electron chi connectivity index (χ4n) is 4.32. The number of carbonyl (C=O) groups is 1. The molecule has 2 aliphatic rings. The Bertz CT molecular complexity index is 1090. The highest BCUT2D eigenvalue weighted by molar-refractivity contribution is 5.99. The van der Waals surface area contributed by atoms with Crippen LogP contribution >= 0.6 is 0 Å². The number of esters is 1. The average Bonchev–Trinajstić information content (AvgIpc) is 2.70. The van der Waals surface area contributed by atoms with Crippen molar-refractivity contribution >= 4 is 16.7 Å². The Morgan fingerprint density at radius 2 is 1.79 bits per heavy atom. The molecule has 142 valence electrons. The van der Waals surface area contributed by atoms with Gasteiger partial charge in [-0.15, -0.1) is 0 Å². The van der Waals surface area contributed by atoms with Gasteiger partial charge in [0.25, 0.3) is 5.79 Å². The van der Waals surface area contributed by atoms with E-state index in [1.54, 1.807) is 13.2 Å². The van der Waals surface area contributed by atoms with Crippen LogP contribution in [0.25, 0.3) is 10.8 Å². The van der Waals surface area contributed by atoms with Crippen molar-refractivity contribution in [3.05, 3.63) is 59.7 Å². The van der Waals surface area contributed by atoms with Crippen LogP contribution in [0.4, 0.5) is 0 Å². The fourth-order valence-corrected chi connectivity index (χ4v) is 4.32. The molecule has 28 heavy (non-hydrogen) atoms. The Morgan fingerprint density at radius 1 is 1.00 bits per heavy atom.